The number of nitrogens with zero attached hydrogens (tertiary/aromatic N) is 3. The van der Waals surface area contributed by atoms with Crippen LogP contribution in [0.4, 0.5) is 0 Å². The van der Waals surface area contributed by atoms with E-state index in [1.54, 1.807) is 0 Å². The Bertz CT molecular complexity index is 644. The summed E-state index contributed by atoms with van der Waals surface area (Å²) in [6.45, 7) is 2.54. The molecule has 0 radical (unpaired) electrons. The van der Waals surface area contributed by atoms with Gasteiger partial charge < -0.3 is 9.47 Å². The van der Waals surface area contributed by atoms with E-state index in [4.69, 9.17) is 19.6 Å². The molecule has 0 bridgehead atoms. The van der Waals surface area contributed by atoms with Crippen LogP contribution in [0.25, 0.3) is 5.69 Å². The van der Waals surface area contributed by atoms with Gasteiger partial charge in [-0.2, -0.15) is 5.10 Å². The van der Waals surface area contributed by atoms with Crippen molar-refractivity contribution < 1.29 is 9.47 Å². The maximum atomic E-state index is 5.77. The monoisotopic (exact) mass is 327 g/mol. The molecule has 5 heteroatoms. The topological polar surface area (TPSA) is 49.2 Å². The Morgan fingerprint density at radius 1 is 1.04 bits per heavy atom. The highest BCUT2D eigenvalue weighted by Crippen LogP contribution is 2.26. The molecule has 1 aromatic heterocycles. The molecule has 3 heterocycles. The van der Waals surface area contributed by atoms with Crippen molar-refractivity contribution in [3.05, 3.63) is 42.0 Å². The van der Waals surface area contributed by atoms with Gasteiger partial charge in [-0.15, -0.1) is 0 Å². The molecule has 1 atom stereocenters. The lowest BCUT2D eigenvalue weighted by molar-refractivity contribution is 0.0836. The van der Waals surface area contributed by atoms with Gasteiger partial charge in [0.25, 0.3) is 0 Å². The van der Waals surface area contributed by atoms with Crippen molar-refractivity contribution in [2.45, 2.75) is 50.5 Å². The zero-order valence-electron chi connectivity index (χ0n) is 14.1. The number of hydrogen-bond acceptors (Lipinski definition) is 4. The van der Waals surface area contributed by atoms with Crippen LogP contribution in [0.15, 0.2) is 30.3 Å². The van der Waals surface area contributed by atoms with E-state index in [0.29, 0.717) is 12.0 Å². The molecule has 1 aromatic carbocycles. The van der Waals surface area contributed by atoms with Crippen LogP contribution in [0.3, 0.4) is 0 Å². The van der Waals surface area contributed by atoms with Gasteiger partial charge >= 0.3 is 0 Å². The van der Waals surface area contributed by atoms with Gasteiger partial charge in [0.15, 0.2) is 5.82 Å². The number of aryl methyl sites for hydroxylation is 1. The Balaban J connectivity index is 1.57. The fourth-order valence-corrected chi connectivity index (χ4v) is 3.59. The SMILES string of the molecule is c1ccc(-n2nc(C3CCOCC3)nc2CC[C@H]2CCCO2)cc1. The van der Waals surface area contributed by atoms with Gasteiger partial charge in [0.1, 0.15) is 5.82 Å². The third kappa shape index (κ3) is 3.52. The third-order valence-corrected chi connectivity index (χ3v) is 4.99. The summed E-state index contributed by atoms with van der Waals surface area (Å²) in [5.74, 6) is 2.45. The highest BCUT2D eigenvalue weighted by molar-refractivity contribution is 5.31. The number of hydrogen-bond donors (Lipinski definition) is 0. The lowest BCUT2D eigenvalue weighted by atomic mass is 10.00. The molecule has 0 saturated carbocycles. The van der Waals surface area contributed by atoms with Crippen molar-refractivity contribution >= 4 is 0 Å². The highest BCUT2D eigenvalue weighted by atomic mass is 16.5. The van der Waals surface area contributed by atoms with Crippen LogP contribution in [0.1, 0.15) is 49.7 Å². The fraction of sp³-hybridized carbons (Fsp3) is 0.579. The molecule has 24 heavy (non-hydrogen) atoms. The maximum Gasteiger partial charge on any atom is 0.154 e. The smallest absolute Gasteiger partial charge is 0.154 e. The van der Waals surface area contributed by atoms with E-state index in [-0.39, 0.29) is 0 Å². The summed E-state index contributed by atoms with van der Waals surface area (Å²) < 4.78 is 13.3. The summed E-state index contributed by atoms with van der Waals surface area (Å²) in [5, 5.41) is 4.86. The van der Waals surface area contributed by atoms with E-state index in [2.05, 4.69) is 24.3 Å². The summed E-state index contributed by atoms with van der Waals surface area (Å²) in [7, 11) is 0. The first-order valence-electron chi connectivity index (χ1n) is 9.11. The molecule has 0 aliphatic carbocycles. The van der Waals surface area contributed by atoms with Crippen LogP contribution >= 0.6 is 0 Å². The molecule has 128 valence electrons. The average molecular weight is 327 g/mol. The number of ether oxygens (including phenoxy) is 2. The first kappa shape index (κ1) is 15.8. The first-order valence-corrected chi connectivity index (χ1v) is 9.11. The Labute approximate surface area is 143 Å². The first-order chi connectivity index (χ1) is 11.9. The zero-order valence-corrected chi connectivity index (χ0v) is 14.1. The van der Waals surface area contributed by atoms with Gasteiger partial charge in [-0.05, 0) is 44.2 Å². The Morgan fingerprint density at radius 2 is 1.88 bits per heavy atom. The Morgan fingerprint density at radius 3 is 2.62 bits per heavy atom. The summed E-state index contributed by atoms with van der Waals surface area (Å²) in [4.78, 5) is 4.91. The van der Waals surface area contributed by atoms with Gasteiger partial charge in [0.05, 0.1) is 11.8 Å². The minimum Gasteiger partial charge on any atom is -0.381 e. The van der Waals surface area contributed by atoms with Crippen molar-refractivity contribution in [2.75, 3.05) is 19.8 Å². The molecule has 2 fully saturated rings. The standard InChI is InChI=1S/C19H25N3O2/c1-2-5-16(6-3-1)22-18(9-8-17-7-4-12-24-17)20-19(21-22)15-10-13-23-14-11-15/h1-3,5-6,15,17H,4,7-14H2/t17-/m1/s1. The van der Waals surface area contributed by atoms with Crippen molar-refractivity contribution in [3.63, 3.8) is 0 Å². The molecule has 0 unspecified atom stereocenters. The summed E-state index contributed by atoms with van der Waals surface area (Å²) in [6, 6.07) is 10.3. The number of para-hydroxylation sites is 1. The van der Waals surface area contributed by atoms with Gasteiger partial charge in [-0.1, -0.05) is 18.2 Å². The van der Waals surface area contributed by atoms with Crippen molar-refractivity contribution in [3.8, 4) is 5.69 Å². The van der Waals surface area contributed by atoms with Crippen molar-refractivity contribution in [1.29, 1.82) is 0 Å². The minimum absolute atomic E-state index is 0.387. The second-order valence-corrected chi connectivity index (χ2v) is 6.69. The fourth-order valence-electron chi connectivity index (χ4n) is 3.59. The van der Waals surface area contributed by atoms with Crippen molar-refractivity contribution in [1.82, 2.24) is 14.8 Å². The Hall–Kier alpha value is -1.72. The maximum absolute atomic E-state index is 5.77. The van der Waals surface area contributed by atoms with Gasteiger partial charge in [0.2, 0.25) is 0 Å². The summed E-state index contributed by atoms with van der Waals surface area (Å²) in [6.07, 6.45) is 6.72. The van der Waals surface area contributed by atoms with Crippen LogP contribution in [-0.4, -0.2) is 40.7 Å². The summed E-state index contributed by atoms with van der Waals surface area (Å²) >= 11 is 0. The molecule has 0 N–H and O–H groups in total. The van der Waals surface area contributed by atoms with E-state index < -0.39 is 0 Å². The molecule has 5 nitrogen and oxygen atoms in total. The normalized spacial score (nSPS) is 22.1. The van der Waals surface area contributed by atoms with E-state index in [9.17, 15) is 0 Å². The van der Waals surface area contributed by atoms with Crippen LogP contribution in [-0.2, 0) is 15.9 Å². The number of benzene rings is 1. The molecular weight excluding hydrogens is 302 g/mol. The second kappa shape index (κ2) is 7.45. The quantitative estimate of drug-likeness (QED) is 0.846. The molecule has 2 aliphatic rings. The summed E-state index contributed by atoms with van der Waals surface area (Å²) in [5.41, 5.74) is 1.09. The molecule has 2 saturated heterocycles. The molecular formula is C19H25N3O2. The third-order valence-electron chi connectivity index (χ3n) is 4.99. The van der Waals surface area contributed by atoms with Crippen LogP contribution < -0.4 is 0 Å². The Kier molecular flexibility index (Phi) is 4.90. The van der Waals surface area contributed by atoms with E-state index in [0.717, 1.165) is 62.8 Å². The lowest BCUT2D eigenvalue weighted by Gasteiger charge is -2.18. The lowest BCUT2D eigenvalue weighted by Crippen LogP contribution is -2.15. The largest absolute Gasteiger partial charge is 0.381 e. The molecule has 2 aliphatic heterocycles. The van der Waals surface area contributed by atoms with Crippen LogP contribution in [0, 0.1) is 0 Å². The van der Waals surface area contributed by atoms with E-state index >= 15 is 0 Å². The minimum atomic E-state index is 0.387. The zero-order chi connectivity index (χ0) is 16.2. The molecule has 0 amide bonds. The highest BCUT2D eigenvalue weighted by Gasteiger charge is 2.23. The second-order valence-electron chi connectivity index (χ2n) is 6.69. The van der Waals surface area contributed by atoms with Crippen LogP contribution in [0.5, 0.6) is 0 Å². The van der Waals surface area contributed by atoms with Gasteiger partial charge in [-0.3, -0.25) is 0 Å². The van der Waals surface area contributed by atoms with E-state index in [1.807, 2.05) is 10.7 Å². The van der Waals surface area contributed by atoms with E-state index in [1.165, 1.54) is 12.8 Å². The predicted octanol–water partition coefficient (Wildman–Crippen LogP) is 3.27. The van der Waals surface area contributed by atoms with Crippen LogP contribution in [0.2, 0.25) is 0 Å². The van der Waals surface area contributed by atoms with Gasteiger partial charge in [0, 0.05) is 32.2 Å². The molecule has 2 aromatic rings. The molecule has 0 spiro atoms. The number of aromatic nitrogens is 3. The number of rotatable bonds is 5. The average Bonchev–Trinajstić information content (AvgIpc) is 3.31. The van der Waals surface area contributed by atoms with Crippen molar-refractivity contribution in [2.24, 2.45) is 0 Å². The van der Waals surface area contributed by atoms with Gasteiger partial charge in [-0.25, -0.2) is 9.67 Å². The molecule has 4 rings (SSSR count). The predicted molar refractivity (Wildman–Crippen MR) is 91.4 cm³/mol.